The molecule has 4 heteroatoms. The molecule has 0 aromatic heterocycles. The number of nitrogens with zero attached hydrogens (tertiary/aromatic N) is 1. The standard InChI is InChI=1S/C22H24N2O2/c1-15-17(12-9-13-19(15)26-5)21(25)24-20(22(2,3)4)18(14-23)16-10-7-6-8-11-16/h6-13H,1-5H3,(H,24,25)/b20-18-. The van der Waals surface area contributed by atoms with Crippen molar-refractivity contribution in [1.82, 2.24) is 5.32 Å². The Morgan fingerprint density at radius 3 is 2.27 bits per heavy atom. The minimum Gasteiger partial charge on any atom is -0.496 e. The maximum Gasteiger partial charge on any atom is 0.255 e. The average Bonchev–Trinajstić information content (AvgIpc) is 2.61. The molecular formula is C22H24N2O2. The Morgan fingerprint density at radius 2 is 1.73 bits per heavy atom. The summed E-state index contributed by atoms with van der Waals surface area (Å²) in [5.41, 5.74) is 2.71. The molecule has 0 fully saturated rings. The largest absolute Gasteiger partial charge is 0.496 e. The number of hydrogen-bond acceptors (Lipinski definition) is 3. The second kappa shape index (κ2) is 7.88. The Morgan fingerprint density at radius 1 is 1.08 bits per heavy atom. The van der Waals surface area contributed by atoms with Crippen LogP contribution in [0, 0.1) is 23.7 Å². The fraction of sp³-hybridized carbons (Fsp3) is 0.273. The van der Waals surface area contributed by atoms with Gasteiger partial charge in [-0.15, -0.1) is 0 Å². The molecule has 0 atom stereocenters. The number of ether oxygens (including phenoxy) is 1. The first-order chi connectivity index (χ1) is 12.3. The lowest BCUT2D eigenvalue weighted by molar-refractivity contribution is 0.0957. The second-order valence-corrected chi connectivity index (χ2v) is 7.06. The number of nitriles is 1. The Balaban J connectivity index is 2.52. The lowest BCUT2D eigenvalue weighted by Gasteiger charge is -2.26. The molecule has 26 heavy (non-hydrogen) atoms. The molecule has 134 valence electrons. The molecule has 0 aliphatic heterocycles. The number of methoxy groups -OCH3 is 1. The van der Waals surface area contributed by atoms with Gasteiger partial charge in [-0.2, -0.15) is 5.26 Å². The summed E-state index contributed by atoms with van der Waals surface area (Å²) in [7, 11) is 1.58. The van der Waals surface area contributed by atoms with E-state index in [1.165, 1.54) is 0 Å². The van der Waals surface area contributed by atoms with Crippen molar-refractivity contribution in [3.63, 3.8) is 0 Å². The number of nitrogens with one attached hydrogen (secondary N) is 1. The monoisotopic (exact) mass is 348 g/mol. The fourth-order valence-corrected chi connectivity index (χ4v) is 2.76. The van der Waals surface area contributed by atoms with Gasteiger partial charge in [0.25, 0.3) is 5.91 Å². The van der Waals surface area contributed by atoms with E-state index in [1.807, 2.05) is 64.1 Å². The Bertz CT molecular complexity index is 869. The molecule has 2 aromatic carbocycles. The zero-order valence-corrected chi connectivity index (χ0v) is 15.9. The van der Waals surface area contributed by atoms with Crippen LogP contribution < -0.4 is 10.1 Å². The van der Waals surface area contributed by atoms with Gasteiger partial charge in [-0.25, -0.2) is 0 Å². The van der Waals surface area contributed by atoms with Gasteiger partial charge in [0.1, 0.15) is 11.8 Å². The van der Waals surface area contributed by atoms with Gasteiger partial charge in [0, 0.05) is 22.2 Å². The minimum atomic E-state index is -0.413. The molecule has 0 heterocycles. The van der Waals surface area contributed by atoms with E-state index in [-0.39, 0.29) is 5.91 Å². The van der Waals surface area contributed by atoms with Crippen molar-refractivity contribution in [2.24, 2.45) is 5.41 Å². The van der Waals surface area contributed by atoms with E-state index in [4.69, 9.17) is 4.74 Å². The van der Waals surface area contributed by atoms with E-state index >= 15 is 0 Å². The normalized spacial score (nSPS) is 12.0. The number of carbonyl (C=O) groups is 1. The Labute approximate surface area is 155 Å². The van der Waals surface area contributed by atoms with Crippen molar-refractivity contribution in [2.45, 2.75) is 27.7 Å². The van der Waals surface area contributed by atoms with Crippen LogP contribution in [0.15, 0.2) is 54.2 Å². The molecule has 0 saturated carbocycles. The fourth-order valence-electron chi connectivity index (χ4n) is 2.76. The van der Waals surface area contributed by atoms with Crippen LogP contribution in [-0.4, -0.2) is 13.0 Å². The predicted octanol–water partition coefficient (Wildman–Crippen LogP) is 4.71. The molecule has 4 nitrogen and oxygen atoms in total. The van der Waals surface area contributed by atoms with Crippen LogP contribution >= 0.6 is 0 Å². The molecule has 0 spiro atoms. The van der Waals surface area contributed by atoms with Crippen LogP contribution in [0.4, 0.5) is 0 Å². The summed E-state index contributed by atoms with van der Waals surface area (Å²) in [5, 5.41) is 12.7. The molecule has 0 unspecified atom stereocenters. The Hall–Kier alpha value is -3.06. The summed E-state index contributed by atoms with van der Waals surface area (Å²) < 4.78 is 5.30. The summed E-state index contributed by atoms with van der Waals surface area (Å²) in [6, 6.07) is 17.0. The van der Waals surface area contributed by atoms with Gasteiger partial charge in [0.05, 0.1) is 12.7 Å². The summed E-state index contributed by atoms with van der Waals surface area (Å²) in [4.78, 5) is 12.9. The van der Waals surface area contributed by atoms with E-state index in [1.54, 1.807) is 19.2 Å². The first-order valence-corrected chi connectivity index (χ1v) is 8.44. The number of allylic oxidation sites excluding steroid dienone is 2. The zero-order valence-electron chi connectivity index (χ0n) is 15.9. The topological polar surface area (TPSA) is 62.1 Å². The third kappa shape index (κ3) is 4.12. The van der Waals surface area contributed by atoms with Crippen molar-refractivity contribution in [1.29, 1.82) is 5.26 Å². The van der Waals surface area contributed by atoms with Gasteiger partial charge in [-0.05, 0) is 24.6 Å². The van der Waals surface area contributed by atoms with Gasteiger partial charge >= 0.3 is 0 Å². The number of amides is 1. The lowest BCUT2D eigenvalue weighted by atomic mass is 9.86. The van der Waals surface area contributed by atoms with E-state index in [2.05, 4.69) is 11.4 Å². The molecule has 0 radical (unpaired) electrons. The van der Waals surface area contributed by atoms with Gasteiger partial charge in [0.15, 0.2) is 0 Å². The van der Waals surface area contributed by atoms with Crippen molar-refractivity contribution >= 4 is 11.5 Å². The average molecular weight is 348 g/mol. The van der Waals surface area contributed by atoms with Crippen LogP contribution in [0.25, 0.3) is 5.57 Å². The third-order valence-corrected chi connectivity index (χ3v) is 4.16. The van der Waals surface area contributed by atoms with E-state index < -0.39 is 5.41 Å². The summed E-state index contributed by atoms with van der Waals surface area (Å²) in [6.45, 7) is 7.76. The second-order valence-electron chi connectivity index (χ2n) is 7.06. The SMILES string of the molecule is COc1cccc(C(=O)N/C(=C(/C#N)c2ccccc2)C(C)(C)C)c1C. The molecular weight excluding hydrogens is 324 g/mol. The van der Waals surface area contributed by atoms with Crippen LogP contribution in [0.5, 0.6) is 5.75 Å². The molecule has 2 aromatic rings. The molecule has 0 bridgehead atoms. The van der Waals surface area contributed by atoms with Crippen LogP contribution in [0.3, 0.4) is 0 Å². The van der Waals surface area contributed by atoms with E-state index in [0.717, 1.165) is 11.1 Å². The maximum atomic E-state index is 12.9. The predicted molar refractivity (Wildman–Crippen MR) is 104 cm³/mol. The quantitative estimate of drug-likeness (QED) is 0.814. The van der Waals surface area contributed by atoms with Crippen LogP contribution in [-0.2, 0) is 0 Å². The number of carbonyl (C=O) groups excluding carboxylic acids is 1. The highest BCUT2D eigenvalue weighted by molar-refractivity contribution is 5.99. The van der Waals surface area contributed by atoms with Crippen LogP contribution in [0.1, 0.15) is 42.3 Å². The number of hydrogen-bond donors (Lipinski definition) is 1. The van der Waals surface area contributed by atoms with Gasteiger partial charge < -0.3 is 10.1 Å². The Kier molecular flexibility index (Phi) is 5.84. The smallest absolute Gasteiger partial charge is 0.255 e. The number of rotatable bonds is 4. The zero-order chi connectivity index (χ0) is 19.3. The van der Waals surface area contributed by atoms with E-state index in [9.17, 15) is 10.1 Å². The van der Waals surface area contributed by atoms with E-state index in [0.29, 0.717) is 22.6 Å². The molecule has 2 rings (SSSR count). The van der Waals surface area contributed by atoms with Gasteiger partial charge in [-0.3, -0.25) is 4.79 Å². The first kappa shape index (κ1) is 19.3. The van der Waals surface area contributed by atoms with Crippen molar-refractivity contribution < 1.29 is 9.53 Å². The summed E-state index contributed by atoms with van der Waals surface area (Å²) in [6.07, 6.45) is 0. The number of benzene rings is 2. The minimum absolute atomic E-state index is 0.255. The lowest BCUT2D eigenvalue weighted by Crippen LogP contribution is -2.31. The first-order valence-electron chi connectivity index (χ1n) is 8.44. The van der Waals surface area contributed by atoms with Gasteiger partial charge in [0.2, 0.25) is 0 Å². The molecule has 0 aliphatic carbocycles. The molecule has 0 saturated heterocycles. The highest BCUT2D eigenvalue weighted by Crippen LogP contribution is 2.31. The molecule has 1 N–H and O–H groups in total. The highest BCUT2D eigenvalue weighted by Gasteiger charge is 2.25. The van der Waals surface area contributed by atoms with Crippen molar-refractivity contribution in [2.75, 3.05) is 7.11 Å². The van der Waals surface area contributed by atoms with Crippen molar-refractivity contribution in [3.05, 3.63) is 70.9 Å². The third-order valence-electron chi connectivity index (χ3n) is 4.16. The van der Waals surface area contributed by atoms with Crippen molar-refractivity contribution in [3.8, 4) is 11.8 Å². The highest BCUT2D eigenvalue weighted by atomic mass is 16.5. The molecule has 0 aliphatic rings. The van der Waals surface area contributed by atoms with Crippen LogP contribution in [0.2, 0.25) is 0 Å². The maximum absolute atomic E-state index is 12.9. The summed E-state index contributed by atoms with van der Waals surface area (Å²) >= 11 is 0. The summed E-state index contributed by atoms with van der Waals surface area (Å²) in [5.74, 6) is 0.400. The van der Waals surface area contributed by atoms with Gasteiger partial charge in [-0.1, -0.05) is 57.2 Å². The molecule has 1 amide bonds.